The Hall–Kier alpha value is -3.06. The van der Waals surface area contributed by atoms with Crippen molar-refractivity contribution in [1.29, 1.82) is 0 Å². The maximum Gasteiger partial charge on any atom is 0.300 e. The number of carbonyl (C=O) groups excluding carboxylic acids is 2. The van der Waals surface area contributed by atoms with Gasteiger partial charge in [-0.05, 0) is 54.4 Å². The van der Waals surface area contributed by atoms with E-state index in [9.17, 15) is 14.7 Å². The van der Waals surface area contributed by atoms with Crippen molar-refractivity contribution in [3.8, 4) is 5.75 Å². The highest BCUT2D eigenvalue weighted by molar-refractivity contribution is 6.52. The van der Waals surface area contributed by atoms with Crippen molar-refractivity contribution < 1.29 is 19.4 Å². The smallest absolute Gasteiger partial charge is 0.300 e. The lowest BCUT2D eigenvalue weighted by atomic mass is 9.95. The van der Waals surface area contributed by atoms with Gasteiger partial charge in [0, 0.05) is 28.1 Å². The number of benzene rings is 2. The lowest BCUT2D eigenvalue weighted by molar-refractivity contribution is -0.132. The van der Waals surface area contributed by atoms with Gasteiger partial charge in [0.25, 0.3) is 11.7 Å². The van der Waals surface area contributed by atoms with E-state index in [4.69, 9.17) is 39.5 Å². The standard InChI is InChI=1S/C24H17Cl3N2O4/c1-12-3-4-15(11-17(12)26)29-20(13-5-7-28-8-6-13)19(22(31)24(29)32)21(30)16-9-14(25)10-18(27)23(16)33-2/h3-11,20,30H,1-2H3/b21-19+. The Balaban J connectivity index is 2.00. The van der Waals surface area contributed by atoms with Gasteiger partial charge in [0.15, 0.2) is 0 Å². The number of anilines is 1. The molecule has 9 heteroatoms. The molecule has 33 heavy (non-hydrogen) atoms. The SMILES string of the molecule is COc1c(Cl)cc(Cl)cc1/C(O)=C1\C(=O)C(=O)N(c2ccc(C)c(Cl)c2)C1c1ccncc1. The van der Waals surface area contributed by atoms with Crippen molar-refractivity contribution in [2.24, 2.45) is 0 Å². The summed E-state index contributed by atoms with van der Waals surface area (Å²) in [5.41, 5.74) is 1.74. The first-order valence-corrected chi connectivity index (χ1v) is 10.9. The average Bonchev–Trinajstić information content (AvgIpc) is 3.06. The van der Waals surface area contributed by atoms with Crippen LogP contribution < -0.4 is 9.64 Å². The number of hydrogen-bond acceptors (Lipinski definition) is 5. The number of carbonyl (C=O) groups is 2. The normalized spacial score (nSPS) is 17.5. The molecule has 1 fully saturated rings. The zero-order valence-electron chi connectivity index (χ0n) is 17.5. The van der Waals surface area contributed by atoms with Gasteiger partial charge in [-0.15, -0.1) is 0 Å². The van der Waals surface area contributed by atoms with Crippen molar-refractivity contribution >= 4 is 57.9 Å². The molecule has 1 N–H and O–H groups in total. The topological polar surface area (TPSA) is 79.7 Å². The van der Waals surface area contributed by atoms with Gasteiger partial charge in [0.1, 0.15) is 11.5 Å². The minimum absolute atomic E-state index is 0.0917. The number of ketones is 1. The van der Waals surface area contributed by atoms with Crippen LogP contribution in [0.25, 0.3) is 5.76 Å². The zero-order valence-corrected chi connectivity index (χ0v) is 19.7. The van der Waals surface area contributed by atoms with Crippen molar-refractivity contribution in [2.75, 3.05) is 12.0 Å². The summed E-state index contributed by atoms with van der Waals surface area (Å²) < 4.78 is 5.33. The lowest BCUT2D eigenvalue weighted by Crippen LogP contribution is -2.29. The van der Waals surface area contributed by atoms with E-state index in [-0.39, 0.29) is 26.9 Å². The minimum Gasteiger partial charge on any atom is -0.507 e. The zero-order chi connectivity index (χ0) is 23.9. The molecule has 0 spiro atoms. The summed E-state index contributed by atoms with van der Waals surface area (Å²) in [4.78, 5) is 31.8. The molecule has 1 saturated heterocycles. The summed E-state index contributed by atoms with van der Waals surface area (Å²) in [5.74, 6) is -2.02. The summed E-state index contributed by atoms with van der Waals surface area (Å²) in [6.07, 6.45) is 3.07. The Morgan fingerprint density at radius 3 is 2.36 bits per heavy atom. The lowest BCUT2D eigenvalue weighted by Gasteiger charge is -2.26. The number of hydrogen-bond donors (Lipinski definition) is 1. The highest BCUT2D eigenvalue weighted by atomic mass is 35.5. The molecule has 0 bridgehead atoms. The van der Waals surface area contributed by atoms with Crippen LogP contribution in [-0.2, 0) is 9.59 Å². The number of halogens is 3. The quantitative estimate of drug-likeness (QED) is 0.269. The molecule has 1 unspecified atom stereocenters. The maximum absolute atomic E-state index is 13.2. The number of ether oxygens (including phenoxy) is 1. The summed E-state index contributed by atoms with van der Waals surface area (Å²) in [6.45, 7) is 1.83. The van der Waals surface area contributed by atoms with E-state index in [1.807, 2.05) is 6.92 Å². The van der Waals surface area contributed by atoms with Gasteiger partial charge in [0.2, 0.25) is 0 Å². The molecular weight excluding hydrogens is 487 g/mol. The van der Waals surface area contributed by atoms with Gasteiger partial charge in [0.05, 0.1) is 29.3 Å². The van der Waals surface area contributed by atoms with Gasteiger partial charge >= 0.3 is 0 Å². The maximum atomic E-state index is 13.2. The Bertz CT molecular complexity index is 1310. The largest absolute Gasteiger partial charge is 0.507 e. The number of amides is 1. The Labute approximate surface area is 205 Å². The molecule has 168 valence electrons. The first kappa shape index (κ1) is 23.1. The van der Waals surface area contributed by atoms with Crippen molar-refractivity contribution in [2.45, 2.75) is 13.0 Å². The second-order valence-corrected chi connectivity index (χ2v) is 8.60. The van der Waals surface area contributed by atoms with E-state index in [2.05, 4.69) is 4.98 Å². The first-order valence-electron chi connectivity index (χ1n) is 9.75. The number of aliphatic hydroxyl groups is 1. The highest BCUT2D eigenvalue weighted by Gasteiger charge is 2.47. The highest BCUT2D eigenvalue weighted by Crippen LogP contribution is 2.45. The van der Waals surface area contributed by atoms with Crippen LogP contribution in [0.3, 0.4) is 0 Å². The van der Waals surface area contributed by atoms with E-state index in [0.717, 1.165) is 5.56 Å². The molecule has 6 nitrogen and oxygen atoms in total. The summed E-state index contributed by atoms with van der Waals surface area (Å²) in [5, 5.41) is 12.1. The Morgan fingerprint density at radius 2 is 1.73 bits per heavy atom. The molecule has 2 heterocycles. The molecule has 1 aliphatic heterocycles. The first-order chi connectivity index (χ1) is 15.7. The fraction of sp³-hybridized carbons (Fsp3) is 0.125. The molecule has 0 radical (unpaired) electrons. The Morgan fingerprint density at radius 1 is 1.03 bits per heavy atom. The van der Waals surface area contributed by atoms with E-state index in [0.29, 0.717) is 16.3 Å². The molecular formula is C24H17Cl3N2O4. The molecule has 1 amide bonds. The van der Waals surface area contributed by atoms with E-state index in [1.165, 1.54) is 36.5 Å². The second kappa shape index (κ2) is 9.06. The number of pyridine rings is 1. The predicted molar refractivity (Wildman–Crippen MR) is 128 cm³/mol. The van der Waals surface area contributed by atoms with Gasteiger partial charge < -0.3 is 9.84 Å². The number of methoxy groups -OCH3 is 1. The molecule has 3 aromatic rings. The van der Waals surface area contributed by atoms with Crippen LogP contribution in [0.4, 0.5) is 5.69 Å². The molecule has 0 aliphatic carbocycles. The predicted octanol–water partition coefficient (Wildman–Crippen LogP) is 5.99. The van der Waals surface area contributed by atoms with E-state index < -0.39 is 23.5 Å². The number of aromatic nitrogens is 1. The van der Waals surface area contributed by atoms with Crippen LogP contribution in [0, 0.1) is 6.92 Å². The van der Waals surface area contributed by atoms with Gasteiger partial charge in [-0.2, -0.15) is 0 Å². The molecule has 4 rings (SSSR count). The number of aryl methyl sites for hydroxylation is 1. The molecule has 0 saturated carbocycles. The summed E-state index contributed by atoms with van der Waals surface area (Å²) in [7, 11) is 1.37. The molecule has 1 atom stereocenters. The third-order valence-corrected chi connectivity index (χ3v) is 6.27. The van der Waals surface area contributed by atoms with Crippen LogP contribution in [0.5, 0.6) is 5.75 Å². The minimum atomic E-state index is -0.950. The fourth-order valence-electron chi connectivity index (χ4n) is 3.78. The fourth-order valence-corrected chi connectivity index (χ4v) is 4.53. The number of Topliss-reactive ketones (excluding diaryl/α,β-unsaturated/α-hetero) is 1. The van der Waals surface area contributed by atoms with Crippen molar-refractivity contribution in [1.82, 2.24) is 4.98 Å². The second-order valence-electron chi connectivity index (χ2n) is 7.35. The van der Waals surface area contributed by atoms with Crippen LogP contribution in [0.2, 0.25) is 15.1 Å². The van der Waals surface area contributed by atoms with E-state index >= 15 is 0 Å². The van der Waals surface area contributed by atoms with Crippen molar-refractivity contribution in [3.05, 3.63) is 92.2 Å². The monoisotopic (exact) mass is 502 g/mol. The van der Waals surface area contributed by atoms with Crippen LogP contribution in [0.15, 0.2) is 60.4 Å². The van der Waals surface area contributed by atoms with E-state index in [1.54, 1.807) is 30.3 Å². The van der Waals surface area contributed by atoms with Crippen molar-refractivity contribution in [3.63, 3.8) is 0 Å². The summed E-state index contributed by atoms with van der Waals surface area (Å²) >= 11 is 18.7. The van der Waals surface area contributed by atoms with Gasteiger partial charge in [-0.25, -0.2) is 0 Å². The number of aliphatic hydroxyl groups excluding tert-OH is 1. The Kier molecular flexibility index (Phi) is 6.34. The van der Waals surface area contributed by atoms with Crippen LogP contribution in [-0.4, -0.2) is 28.9 Å². The molecule has 1 aliphatic rings. The number of nitrogens with zero attached hydrogens (tertiary/aromatic N) is 2. The summed E-state index contributed by atoms with van der Waals surface area (Å²) in [6, 6.07) is 10.3. The molecule has 2 aromatic carbocycles. The average molecular weight is 504 g/mol. The third kappa shape index (κ3) is 4.06. The van der Waals surface area contributed by atoms with Crippen LogP contribution >= 0.6 is 34.8 Å². The number of rotatable bonds is 4. The molecule has 1 aromatic heterocycles. The van der Waals surface area contributed by atoms with Crippen LogP contribution in [0.1, 0.15) is 22.7 Å². The van der Waals surface area contributed by atoms with Gasteiger partial charge in [-0.3, -0.25) is 19.5 Å². The van der Waals surface area contributed by atoms with Gasteiger partial charge in [-0.1, -0.05) is 40.9 Å². The third-order valence-electron chi connectivity index (χ3n) is 5.37.